The molecule has 1 saturated heterocycles. The minimum atomic E-state index is 0.164. The number of hydrogen-bond donors (Lipinski definition) is 2. The van der Waals surface area contributed by atoms with Gasteiger partial charge in [0.25, 0.3) is 0 Å². The molecule has 0 bridgehead atoms. The van der Waals surface area contributed by atoms with E-state index in [9.17, 15) is 4.79 Å². The van der Waals surface area contributed by atoms with E-state index in [1.54, 1.807) is 6.92 Å². The zero-order valence-corrected chi connectivity index (χ0v) is 13.0. The van der Waals surface area contributed by atoms with Gasteiger partial charge in [-0.2, -0.15) is 0 Å². The number of allylic oxidation sites excluding steroid dienone is 1. The molecule has 0 aromatic heterocycles. The van der Waals surface area contributed by atoms with Crippen LogP contribution >= 0.6 is 0 Å². The van der Waals surface area contributed by atoms with Crippen LogP contribution in [0.5, 0.6) is 0 Å². The van der Waals surface area contributed by atoms with Crippen LogP contribution in [0, 0.1) is 0 Å². The van der Waals surface area contributed by atoms with Crippen LogP contribution in [0.4, 0.5) is 0 Å². The second-order valence-corrected chi connectivity index (χ2v) is 5.53. The van der Waals surface area contributed by atoms with Gasteiger partial charge < -0.3 is 16.0 Å². The molecule has 1 heterocycles. The van der Waals surface area contributed by atoms with Crippen molar-refractivity contribution >= 4 is 5.91 Å². The molecule has 5 heteroatoms. The van der Waals surface area contributed by atoms with Crippen molar-refractivity contribution in [2.24, 2.45) is 5.73 Å². The lowest BCUT2D eigenvalue weighted by Crippen LogP contribution is -2.49. The molecule has 1 unspecified atom stereocenters. The lowest BCUT2D eigenvalue weighted by Gasteiger charge is -2.34. The van der Waals surface area contributed by atoms with E-state index in [2.05, 4.69) is 22.4 Å². The van der Waals surface area contributed by atoms with Crippen LogP contribution in [-0.2, 0) is 4.79 Å². The van der Waals surface area contributed by atoms with Crippen molar-refractivity contribution in [1.82, 2.24) is 15.1 Å². The topological polar surface area (TPSA) is 61.6 Å². The van der Waals surface area contributed by atoms with E-state index >= 15 is 0 Å². The molecule has 0 aromatic carbocycles. The van der Waals surface area contributed by atoms with E-state index in [-0.39, 0.29) is 11.9 Å². The number of piperazine rings is 1. The third kappa shape index (κ3) is 7.62. The Bertz CT molecular complexity index is 296. The largest absolute Gasteiger partial charge is 0.340 e. The fourth-order valence-corrected chi connectivity index (χ4v) is 2.30. The lowest BCUT2D eigenvalue weighted by molar-refractivity contribution is -0.130. The van der Waals surface area contributed by atoms with Gasteiger partial charge in [0.15, 0.2) is 0 Å². The Morgan fingerprint density at radius 2 is 2.00 bits per heavy atom. The van der Waals surface area contributed by atoms with E-state index in [0.717, 1.165) is 58.7 Å². The predicted octanol–water partition coefficient (Wildman–Crippen LogP) is 0.424. The summed E-state index contributed by atoms with van der Waals surface area (Å²) in [6.45, 7) is 10.5. The molecular weight excluding hydrogens is 252 g/mol. The molecule has 5 nitrogen and oxygen atoms in total. The summed E-state index contributed by atoms with van der Waals surface area (Å²) in [5, 5.41) is 3.47. The number of carbonyl (C=O) groups excluding carboxylic acids is 1. The monoisotopic (exact) mass is 282 g/mol. The van der Waals surface area contributed by atoms with Gasteiger partial charge in [0, 0.05) is 52.2 Å². The number of unbranched alkanes of at least 4 members (excludes halogenated alkanes) is 1. The molecule has 1 aliphatic heterocycles. The molecule has 3 N–H and O–H groups in total. The Kier molecular flexibility index (Phi) is 8.49. The smallest absolute Gasteiger partial charge is 0.219 e. The summed E-state index contributed by atoms with van der Waals surface area (Å²) < 4.78 is 0. The van der Waals surface area contributed by atoms with Crippen molar-refractivity contribution in [3.8, 4) is 0 Å². The second kappa shape index (κ2) is 9.91. The van der Waals surface area contributed by atoms with Crippen molar-refractivity contribution in [2.75, 3.05) is 45.8 Å². The summed E-state index contributed by atoms with van der Waals surface area (Å²) in [7, 11) is 0. The second-order valence-electron chi connectivity index (χ2n) is 5.53. The first-order valence-corrected chi connectivity index (χ1v) is 7.70. The average Bonchev–Trinajstić information content (AvgIpc) is 2.42. The number of rotatable bonds is 8. The molecule has 116 valence electrons. The molecule has 1 amide bonds. The van der Waals surface area contributed by atoms with E-state index in [1.165, 1.54) is 0 Å². The minimum Gasteiger partial charge on any atom is -0.340 e. The van der Waals surface area contributed by atoms with Gasteiger partial charge in [-0.15, -0.1) is 0 Å². The number of nitrogens with zero attached hydrogens (tertiary/aromatic N) is 2. The summed E-state index contributed by atoms with van der Waals surface area (Å²) >= 11 is 0. The van der Waals surface area contributed by atoms with E-state index in [1.807, 2.05) is 11.8 Å². The van der Waals surface area contributed by atoms with Gasteiger partial charge in [-0.1, -0.05) is 12.2 Å². The Morgan fingerprint density at radius 1 is 1.30 bits per heavy atom. The average molecular weight is 282 g/mol. The molecular formula is C15H30N4O. The van der Waals surface area contributed by atoms with Gasteiger partial charge in [0.2, 0.25) is 5.91 Å². The van der Waals surface area contributed by atoms with Crippen LogP contribution in [0.15, 0.2) is 12.2 Å². The summed E-state index contributed by atoms with van der Waals surface area (Å²) in [6, 6.07) is 0.164. The molecule has 1 atom stereocenters. The summed E-state index contributed by atoms with van der Waals surface area (Å²) in [6.07, 6.45) is 6.45. The van der Waals surface area contributed by atoms with Crippen LogP contribution < -0.4 is 11.1 Å². The number of amides is 1. The summed E-state index contributed by atoms with van der Waals surface area (Å²) in [5.74, 6) is 0.197. The predicted molar refractivity (Wildman–Crippen MR) is 83.6 cm³/mol. The molecule has 0 radical (unpaired) electrons. The van der Waals surface area contributed by atoms with Gasteiger partial charge >= 0.3 is 0 Å². The Labute approximate surface area is 123 Å². The standard InChI is InChI=1S/C15H30N4O/c1-14(16)6-4-3-5-7-17-8-9-18-10-12-19(13-11-18)15(2)20/h4,6,14,17H,3,5,7-13,16H2,1-2H3/b6-4-. The Morgan fingerprint density at radius 3 is 2.60 bits per heavy atom. The first kappa shape index (κ1) is 17.1. The van der Waals surface area contributed by atoms with Crippen LogP contribution in [0.2, 0.25) is 0 Å². The van der Waals surface area contributed by atoms with Crippen LogP contribution in [0.25, 0.3) is 0 Å². The maximum Gasteiger partial charge on any atom is 0.219 e. The van der Waals surface area contributed by atoms with Gasteiger partial charge in [0.05, 0.1) is 0 Å². The molecule has 0 aromatic rings. The minimum absolute atomic E-state index is 0.164. The maximum atomic E-state index is 11.2. The Balaban J connectivity index is 1.94. The van der Waals surface area contributed by atoms with Gasteiger partial charge in [-0.3, -0.25) is 9.69 Å². The highest BCUT2D eigenvalue weighted by atomic mass is 16.2. The highest BCUT2D eigenvalue weighted by molar-refractivity contribution is 5.73. The van der Waals surface area contributed by atoms with Gasteiger partial charge in [0.1, 0.15) is 0 Å². The highest BCUT2D eigenvalue weighted by Crippen LogP contribution is 2.01. The fraction of sp³-hybridized carbons (Fsp3) is 0.800. The lowest BCUT2D eigenvalue weighted by atomic mass is 10.2. The van der Waals surface area contributed by atoms with E-state index < -0.39 is 0 Å². The zero-order valence-electron chi connectivity index (χ0n) is 13.0. The van der Waals surface area contributed by atoms with Crippen molar-refractivity contribution < 1.29 is 4.79 Å². The molecule has 20 heavy (non-hydrogen) atoms. The highest BCUT2D eigenvalue weighted by Gasteiger charge is 2.17. The van der Waals surface area contributed by atoms with Crippen LogP contribution in [0.3, 0.4) is 0 Å². The SMILES string of the molecule is CC(=O)N1CCN(CCNCCC/C=C\C(C)N)CC1. The first-order chi connectivity index (χ1) is 9.59. The molecule has 1 aliphatic rings. The van der Waals surface area contributed by atoms with Gasteiger partial charge in [-0.05, 0) is 26.3 Å². The van der Waals surface area contributed by atoms with Crippen molar-refractivity contribution in [3.05, 3.63) is 12.2 Å². The number of nitrogens with one attached hydrogen (secondary N) is 1. The number of carbonyl (C=O) groups is 1. The Hall–Kier alpha value is -0.910. The molecule has 0 spiro atoms. The van der Waals surface area contributed by atoms with Crippen LogP contribution in [0.1, 0.15) is 26.7 Å². The van der Waals surface area contributed by atoms with Crippen LogP contribution in [-0.4, -0.2) is 67.6 Å². The molecule has 0 aliphatic carbocycles. The quantitative estimate of drug-likeness (QED) is 0.500. The third-order valence-electron chi connectivity index (χ3n) is 3.59. The van der Waals surface area contributed by atoms with Crippen molar-refractivity contribution in [3.63, 3.8) is 0 Å². The number of hydrogen-bond acceptors (Lipinski definition) is 4. The zero-order chi connectivity index (χ0) is 14.8. The van der Waals surface area contributed by atoms with Crippen molar-refractivity contribution in [2.45, 2.75) is 32.7 Å². The molecule has 1 rings (SSSR count). The molecule has 0 saturated carbocycles. The summed E-state index contributed by atoms with van der Waals surface area (Å²) in [5.41, 5.74) is 5.63. The van der Waals surface area contributed by atoms with E-state index in [4.69, 9.17) is 5.73 Å². The fourth-order valence-electron chi connectivity index (χ4n) is 2.30. The van der Waals surface area contributed by atoms with Crippen molar-refractivity contribution in [1.29, 1.82) is 0 Å². The molecule has 1 fully saturated rings. The maximum absolute atomic E-state index is 11.2. The van der Waals surface area contributed by atoms with Gasteiger partial charge in [-0.25, -0.2) is 0 Å². The summed E-state index contributed by atoms with van der Waals surface area (Å²) in [4.78, 5) is 15.6. The first-order valence-electron chi connectivity index (χ1n) is 7.70. The normalized spacial score (nSPS) is 18.6. The number of nitrogens with two attached hydrogens (primary N) is 1. The third-order valence-corrected chi connectivity index (χ3v) is 3.59. The van der Waals surface area contributed by atoms with E-state index in [0.29, 0.717) is 0 Å².